The molecule has 0 spiro atoms. The van der Waals surface area contributed by atoms with Crippen molar-refractivity contribution in [3.05, 3.63) is 76.0 Å². The first kappa shape index (κ1) is 18.5. The predicted octanol–water partition coefficient (Wildman–Crippen LogP) is 3.17. The quantitative estimate of drug-likeness (QED) is 0.522. The van der Waals surface area contributed by atoms with Gasteiger partial charge in [-0.05, 0) is 44.2 Å². The van der Waals surface area contributed by atoms with Crippen LogP contribution in [0.15, 0.2) is 53.3 Å². The summed E-state index contributed by atoms with van der Waals surface area (Å²) in [4.78, 5) is 34.2. The maximum atomic E-state index is 13.5. The molecule has 7 nitrogen and oxygen atoms in total. The summed E-state index contributed by atoms with van der Waals surface area (Å²) in [5.41, 5.74) is 6.98. The molecule has 2 aromatic heterocycles. The van der Waals surface area contributed by atoms with Gasteiger partial charge in [0.1, 0.15) is 5.82 Å². The van der Waals surface area contributed by atoms with E-state index in [1.807, 2.05) is 6.92 Å². The summed E-state index contributed by atoms with van der Waals surface area (Å²) in [5.74, 6) is -0.643. The highest BCUT2D eigenvalue weighted by Gasteiger charge is 2.14. The zero-order valence-electron chi connectivity index (χ0n) is 15.9. The Morgan fingerprint density at radius 3 is 2.66 bits per heavy atom. The van der Waals surface area contributed by atoms with Crippen LogP contribution in [0.2, 0.25) is 0 Å². The van der Waals surface area contributed by atoms with E-state index in [0.717, 1.165) is 0 Å². The number of aromatic nitrogens is 3. The lowest BCUT2D eigenvalue weighted by atomic mass is 10.1. The van der Waals surface area contributed by atoms with Crippen LogP contribution in [0.5, 0.6) is 0 Å². The van der Waals surface area contributed by atoms with Crippen molar-refractivity contribution < 1.29 is 9.18 Å². The third-order valence-electron chi connectivity index (χ3n) is 4.61. The molecule has 0 aliphatic heterocycles. The topological polar surface area (TPSA) is 88.9 Å². The van der Waals surface area contributed by atoms with Gasteiger partial charge in [-0.1, -0.05) is 12.1 Å². The Labute approximate surface area is 165 Å². The Morgan fingerprint density at radius 2 is 1.86 bits per heavy atom. The van der Waals surface area contributed by atoms with Gasteiger partial charge in [0, 0.05) is 23.7 Å². The van der Waals surface area contributed by atoms with Crippen LogP contribution in [-0.2, 0) is 6.54 Å². The molecule has 29 heavy (non-hydrogen) atoms. The minimum absolute atomic E-state index is 0.199. The van der Waals surface area contributed by atoms with E-state index in [9.17, 15) is 14.0 Å². The van der Waals surface area contributed by atoms with Gasteiger partial charge in [-0.3, -0.25) is 30.0 Å². The number of benzene rings is 2. The summed E-state index contributed by atoms with van der Waals surface area (Å²) in [5, 5.41) is 1.03. The van der Waals surface area contributed by atoms with Crippen molar-refractivity contribution in [1.82, 2.24) is 20.0 Å². The monoisotopic (exact) mass is 391 g/mol. The Bertz CT molecular complexity index is 1310. The number of hydrazine groups is 1. The molecule has 4 rings (SSSR count). The SMILES string of the molecule is CCn1c(NNC(=O)c2cc(C)nc3cc(F)ccc23)nc2ccccc2c1=O. The van der Waals surface area contributed by atoms with E-state index in [1.165, 1.54) is 22.8 Å². The molecule has 2 N–H and O–H groups in total. The van der Waals surface area contributed by atoms with Gasteiger partial charge in [-0.15, -0.1) is 0 Å². The van der Waals surface area contributed by atoms with Crippen LogP contribution in [0, 0.1) is 12.7 Å². The molecule has 0 radical (unpaired) electrons. The van der Waals surface area contributed by atoms with Gasteiger partial charge < -0.3 is 0 Å². The fourth-order valence-electron chi connectivity index (χ4n) is 3.26. The summed E-state index contributed by atoms with van der Waals surface area (Å²) in [6.07, 6.45) is 0. The molecule has 1 amide bonds. The number of carbonyl (C=O) groups excluding carboxylic acids is 1. The van der Waals surface area contributed by atoms with E-state index in [4.69, 9.17) is 0 Å². The fourth-order valence-corrected chi connectivity index (χ4v) is 3.26. The molecule has 4 aromatic rings. The van der Waals surface area contributed by atoms with Gasteiger partial charge >= 0.3 is 0 Å². The highest BCUT2D eigenvalue weighted by Crippen LogP contribution is 2.20. The number of nitrogens with one attached hydrogen (secondary N) is 2. The molecular weight excluding hydrogens is 373 g/mol. The molecular formula is C21H18FN5O2. The molecule has 0 atom stereocenters. The lowest BCUT2D eigenvalue weighted by molar-refractivity contribution is 0.0963. The fraction of sp³-hybridized carbons (Fsp3) is 0.143. The van der Waals surface area contributed by atoms with E-state index in [0.29, 0.717) is 39.6 Å². The molecule has 8 heteroatoms. The standard InChI is InChI=1S/C21H18FN5O2/c1-3-27-20(29)15-6-4-5-7-17(15)24-21(27)26-25-19(28)16-10-12(2)23-18-11-13(22)8-9-14(16)18/h4-11H,3H2,1-2H3,(H,24,26)(H,25,28). The number of pyridine rings is 1. The number of hydrogen-bond acceptors (Lipinski definition) is 5. The molecule has 2 aromatic carbocycles. The largest absolute Gasteiger partial charge is 0.277 e. The number of nitrogens with zero attached hydrogens (tertiary/aromatic N) is 3. The number of hydrogen-bond donors (Lipinski definition) is 2. The molecule has 0 saturated carbocycles. The summed E-state index contributed by atoms with van der Waals surface area (Å²) in [6.45, 7) is 3.93. The van der Waals surface area contributed by atoms with Crippen molar-refractivity contribution in [1.29, 1.82) is 0 Å². The van der Waals surface area contributed by atoms with Gasteiger partial charge in [-0.25, -0.2) is 9.37 Å². The molecule has 146 valence electrons. The van der Waals surface area contributed by atoms with Crippen LogP contribution in [0.4, 0.5) is 10.3 Å². The van der Waals surface area contributed by atoms with Crippen molar-refractivity contribution in [2.24, 2.45) is 0 Å². The summed E-state index contributed by atoms with van der Waals surface area (Å²) in [7, 11) is 0. The summed E-state index contributed by atoms with van der Waals surface area (Å²) < 4.78 is 15.0. The van der Waals surface area contributed by atoms with Gasteiger partial charge in [0.25, 0.3) is 11.5 Å². The van der Waals surface area contributed by atoms with Crippen molar-refractivity contribution in [2.75, 3.05) is 5.43 Å². The molecule has 0 unspecified atom stereocenters. The van der Waals surface area contributed by atoms with E-state index < -0.39 is 11.7 Å². The Morgan fingerprint density at radius 1 is 1.07 bits per heavy atom. The lowest BCUT2D eigenvalue weighted by Crippen LogP contribution is -2.34. The number of carbonyl (C=O) groups is 1. The smallest absolute Gasteiger partial charge is 0.270 e. The number of fused-ring (bicyclic) bond motifs is 2. The van der Waals surface area contributed by atoms with E-state index in [-0.39, 0.29) is 11.5 Å². The first-order chi connectivity index (χ1) is 14.0. The summed E-state index contributed by atoms with van der Waals surface area (Å²) in [6, 6.07) is 12.7. The summed E-state index contributed by atoms with van der Waals surface area (Å²) >= 11 is 0. The van der Waals surface area contributed by atoms with Gasteiger partial charge in [0.05, 0.1) is 22.0 Å². The third kappa shape index (κ3) is 3.40. The van der Waals surface area contributed by atoms with E-state index >= 15 is 0 Å². The zero-order valence-corrected chi connectivity index (χ0v) is 15.9. The number of rotatable bonds is 4. The Balaban J connectivity index is 1.69. The third-order valence-corrected chi connectivity index (χ3v) is 4.61. The van der Waals surface area contributed by atoms with Crippen molar-refractivity contribution in [3.8, 4) is 0 Å². The highest BCUT2D eigenvalue weighted by atomic mass is 19.1. The second kappa shape index (κ2) is 7.31. The van der Waals surface area contributed by atoms with Crippen molar-refractivity contribution >= 4 is 33.7 Å². The normalized spacial score (nSPS) is 11.0. The van der Waals surface area contributed by atoms with Crippen LogP contribution >= 0.6 is 0 Å². The zero-order chi connectivity index (χ0) is 20.5. The molecule has 0 aliphatic rings. The number of halogens is 1. The van der Waals surface area contributed by atoms with Crippen LogP contribution < -0.4 is 16.4 Å². The van der Waals surface area contributed by atoms with Crippen LogP contribution in [0.1, 0.15) is 23.0 Å². The molecule has 0 saturated heterocycles. The van der Waals surface area contributed by atoms with E-state index in [1.54, 1.807) is 37.3 Å². The Kier molecular flexibility index (Phi) is 4.67. The minimum atomic E-state index is -0.447. The maximum Gasteiger partial charge on any atom is 0.270 e. The maximum absolute atomic E-state index is 13.5. The Hall–Kier alpha value is -3.81. The second-order valence-electron chi connectivity index (χ2n) is 6.55. The first-order valence-corrected chi connectivity index (χ1v) is 9.10. The number of amides is 1. The second-order valence-corrected chi connectivity index (χ2v) is 6.55. The lowest BCUT2D eigenvalue weighted by Gasteiger charge is -2.14. The number of anilines is 1. The molecule has 0 fully saturated rings. The van der Waals surface area contributed by atoms with Crippen LogP contribution in [0.25, 0.3) is 21.8 Å². The number of para-hydroxylation sites is 1. The average Bonchev–Trinajstić information content (AvgIpc) is 2.71. The average molecular weight is 391 g/mol. The predicted molar refractivity (Wildman–Crippen MR) is 109 cm³/mol. The van der Waals surface area contributed by atoms with E-state index in [2.05, 4.69) is 20.8 Å². The van der Waals surface area contributed by atoms with Crippen LogP contribution in [-0.4, -0.2) is 20.4 Å². The molecule has 2 heterocycles. The minimum Gasteiger partial charge on any atom is -0.277 e. The first-order valence-electron chi connectivity index (χ1n) is 9.10. The van der Waals surface area contributed by atoms with Crippen molar-refractivity contribution in [3.63, 3.8) is 0 Å². The number of aryl methyl sites for hydroxylation is 1. The van der Waals surface area contributed by atoms with Crippen molar-refractivity contribution in [2.45, 2.75) is 20.4 Å². The molecule has 0 aliphatic carbocycles. The van der Waals surface area contributed by atoms with Gasteiger partial charge in [0.15, 0.2) is 0 Å². The van der Waals surface area contributed by atoms with Gasteiger partial charge in [0.2, 0.25) is 5.95 Å². The highest BCUT2D eigenvalue weighted by molar-refractivity contribution is 6.06. The van der Waals surface area contributed by atoms with Crippen LogP contribution in [0.3, 0.4) is 0 Å². The van der Waals surface area contributed by atoms with Gasteiger partial charge in [-0.2, -0.15) is 0 Å². The molecule has 0 bridgehead atoms.